The van der Waals surface area contributed by atoms with Crippen LogP contribution in [0.5, 0.6) is 0 Å². The molecule has 1 N–H and O–H groups in total. The van der Waals surface area contributed by atoms with Crippen LogP contribution >= 0.6 is 0 Å². The maximum absolute atomic E-state index is 11.3. The van der Waals surface area contributed by atoms with Gasteiger partial charge in [-0.2, -0.15) is 0 Å². The molecule has 6 nitrogen and oxygen atoms in total. The molecule has 0 fully saturated rings. The van der Waals surface area contributed by atoms with Gasteiger partial charge in [0.15, 0.2) is 5.82 Å². The Bertz CT molecular complexity index is 921. The van der Waals surface area contributed by atoms with Gasteiger partial charge in [0.25, 0.3) is 0 Å². The van der Waals surface area contributed by atoms with Crippen molar-refractivity contribution in [2.45, 2.75) is 26.2 Å². The van der Waals surface area contributed by atoms with Gasteiger partial charge in [-0.1, -0.05) is 39.0 Å². The smallest absolute Gasteiger partial charge is 0.337 e. The van der Waals surface area contributed by atoms with Gasteiger partial charge in [-0.05, 0) is 24.3 Å². The predicted molar refractivity (Wildman–Crippen MR) is 91.5 cm³/mol. The normalized spacial score (nSPS) is 12.1. The lowest BCUT2D eigenvalue weighted by Crippen LogP contribution is -2.11. The summed E-state index contributed by atoms with van der Waals surface area (Å²) in [6, 6.07) is 12.6. The Kier molecular flexibility index (Phi) is 3.89. The van der Waals surface area contributed by atoms with E-state index in [4.69, 9.17) is 0 Å². The van der Waals surface area contributed by atoms with Crippen LogP contribution in [0.3, 0.4) is 0 Å². The van der Waals surface area contributed by atoms with Crippen molar-refractivity contribution in [1.82, 2.24) is 9.38 Å². The lowest BCUT2D eigenvalue weighted by atomic mass is 9.92. The molecule has 2 heterocycles. The third-order valence-corrected chi connectivity index (χ3v) is 3.57. The quantitative estimate of drug-likeness (QED) is 0.707. The first-order valence-corrected chi connectivity index (χ1v) is 7.59. The molecule has 0 saturated heterocycles. The number of carboxylic acids is 1. The average Bonchev–Trinajstić information content (AvgIpc) is 2.92. The van der Waals surface area contributed by atoms with E-state index in [1.54, 1.807) is 10.5 Å². The minimum absolute atomic E-state index is 0.177. The molecule has 0 aliphatic heterocycles. The second kappa shape index (κ2) is 5.88. The summed E-state index contributed by atoms with van der Waals surface area (Å²) in [5.74, 6) is -0.446. The molecule has 24 heavy (non-hydrogen) atoms. The van der Waals surface area contributed by atoms with E-state index >= 15 is 0 Å². The number of hydrogen-bond donors (Lipinski definition) is 1. The van der Waals surface area contributed by atoms with E-state index < -0.39 is 5.97 Å². The van der Waals surface area contributed by atoms with Crippen LogP contribution in [0.1, 0.15) is 36.8 Å². The molecule has 3 aromatic rings. The number of rotatable bonds is 3. The van der Waals surface area contributed by atoms with Crippen LogP contribution in [0.4, 0.5) is 11.5 Å². The fraction of sp³-hybridized carbons (Fsp3) is 0.222. The molecule has 3 rings (SSSR count). The molecule has 0 amide bonds. The third-order valence-electron chi connectivity index (χ3n) is 3.57. The van der Waals surface area contributed by atoms with Crippen molar-refractivity contribution < 1.29 is 9.90 Å². The minimum Gasteiger partial charge on any atom is -0.478 e. The number of nitrogens with zero attached hydrogens (tertiary/aromatic N) is 4. The first-order valence-electron chi connectivity index (χ1n) is 7.59. The van der Waals surface area contributed by atoms with Gasteiger partial charge in [0.2, 0.25) is 0 Å². The summed E-state index contributed by atoms with van der Waals surface area (Å²) in [4.78, 5) is 15.9. The SMILES string of the molecule is CC(C)(C)c1nc2ccc(C(=O)O)cn2c1N=Nc1ccccc1. The van der Waals surface area contributed by atoms with E-state index in [0.717, 1.165) is 11.4 Å². The molecule has 0 saturated carbocycles. The predicted octanol–water partition coefficient (Wildman–Crippen LogP) is 4.75. The monoisotopic (exact) mass is 322 g/mol. The van der Waals surface area contributed by atoms with E-state index in [-0.39, 0.29) is 11.0 Å². The van der Waals surface area contributed by atoms with Gasteiger partial charge in [0, 0.05) is 11.6 Å². The van der Waals surface area contributed by atoms with Crippen molar-refractivity contribution >= 4 is 23.1 Å². The van der Waals surface area contributed by atoms with Crippen molar-refractivity contribution in [1.29, 1.82) is 0 Å². The van der Waals surface area contributed by atoms with Gasteiger partial charge < -0.3 is 5.11 Å². The molecule has 0 aliphatic carbocycles. The second-order valence-corrected chi connectivity index (χ2v) is 6.52. The highest BCUT2D eigenvalue weighted by atomic mass is 16.4. The van der Waals surface area contributed by atoms with Crippen LogP contribution in [0.25, 0.3) is 5.65 Å². The summed E-state index contributed by atoms with van der Waals surface area (Å²) in [5.41, 5.74) is 2.07. The maximum atomic E-state index is 11.3. The van der Waals surface area contributed by atoms with Gasteiger partial charge in [-0.15, -0.1) is 10.2 Å². The fourth-order valence-electron chi connectivity index (χ4n) is 2.36. The molecule has 0 radical (unpaired) electrons. The van der Waals surface area contributed by atoms with Crippen LogP contribution in [0.2, 0.25) is 0 Å². The van der Waals surface area contributed by atoms with E-state index in [2.05, 4.69) is 15.2 Å². The number of aromatic nitrogens is 2. The summed E-state index contributed by atoms with van der Waals surface area (Å²) in [6.07, 6.45) is 1.53. The Morgan fingerprint density at radius 1 is 1.08 bits per heavy atom. The minimum atomic E-state index is -0.992. The zero-order valence-electron chi connectivity index (χ0n) is 13.8. The van der Waals surface area contributed by atoms with Crippen LogP contribution in [0.15, 0.2) is 58.9 Å². The Balaban J connectivity index is 2.20. The summed E-state index contributed by atoms with van der Waals surface area (Å²) in [7, 11) is 0. The average molecular weight is 322 g/mol. The molecule has 6 heteroatoms. The maximum Gasteiger partial charge on any atom is 0.337 e. The summed E-state index contributed by atoms with van der Waals surface area (Å²) >= 11 is 0. The van der Waals surface area contributed by atoms with Crippen LogP contribution in [-0.2, 0) is 5.41 Å². The lowest BCUT2D eigenvalue weighted by Gasteiger charge is -2.15. The number of aromatic carboxylic acids is 1. The van der Waals surface area contributed by atoms with E-state index in [0.29, 0.717) is 11.5 Å². The highest BCUT2D eigenvalue weighted by Crippen LogP contribution is 2.33. The molecule has 2 aromatic heterocycles. The van der Waals surface area contributed by atoms with Gasteiger partial charge in [-0.25, -0.2) is 9.78 Å². The van der Waals surface area contributed by atoms with Crippen molar-refractivity contribution in [3.8, 4) is 0 Å². The Morgan fingerprint density at radius 2 is 1.79 bits per heavy atom. The fourth-order valence-corrected chi connectivity index (χ4v) is 2.36. The van der Waals surface area contributed by atoms with Crippen LogP contribution in [-0.4, -0.2) is 20.5 Å². The number of carbonyl (C=O) groups is 1. The zero-order valence-corrected chi connectivity index (χ0v) is 13.8. The molecule has 1 aromatic carbocycles. The van der Waals surface area contributed by atoms with E-state index in [9.17, 15) is 9.90 Å². The molecular formula is C18H18N4O2. The van der Waals surface area contributed by atoms with Gasteiger partial charge in [0.05, 0.1) is 16.9 Å². The Hall–Kier alpha value is -3.02. The highest BCUT2D eigenvalue weighted by molar-refractivity contribution is 5.87. The van der Waals surface area contributed by atoms with Gasteiger partial charge >= 0.3 is 5.97 Å². The highest BCUT2D eigenvalue weighted by Gasteiger charge is 2.24. The number of azo groups is 1. The number of hydrogen-bond acceptors (Lipinski definition) is 4. The molecule has 0 aliphatic rings. The molecular weight excluding hydrogens is 304 g/mol. The van der Waals surface area contributed by atoms with Crippen molar-refractivity contribution in [3.05, 3.63) is 59.9 Å². The summed E-state index contributed by atoms with van der Waals surface area (Å²) < 4.78 is 1.68. The summed E-state index contributed by atoms with van der Waals surface area (Å²) in [6.45, 7) is 6.11. The lowest BCUT2D eigenvalue weighted by molar-refractivity contribution is 0.0696. The largest absolute Gasteiger partial charge is 0.478 e. The summed E-state index contributed by atoms with van der Waals surface area (Å²) in [5, 5.41) is 17.9. The molecule has 122 valence electrons. The van der Waals surface area contributed by atoms with Crippen molar-refractivity contribution in [3.63, 3.8) is 0 Å². The second-order valence-electron chi connectivity index (χ2n) is 6.52. The first kappa shape index (κ1) is 15.9. The number of imidazole rings is 1. The molecule has 0 bridgehead atoms. The topological polar surface area (TPSA) is 79.3 Å². The number of fused-ring (bicyclic) bond motifs is 1. The van der Waals surface area contributed by atoms with Crippen molar-refractivity contribution in [2.24, 2.45) is 10.2 Å². The van der Waals surface area contributed by atoms with Gasteiger partial charge in [-0.3, -0.25) is 4.40 Å². The number of carboxylic acid groups (broad SMARTS) is 1. The first-order chi connectivity index (χ1) is 11.4. The Labute approximate surface area is 139 Å². The standard InChI is InChI=1S/C18H18N4O2/c1-18(2,3)15-16(21-20-13-7-5-4-6-8-13)22-11-12(17(23)24)9-10-14(22)19-15/h4-11H,1-3H3,(H,23,24). The number of pyridine rings is 1. The molecule has 0 atom stereocenters. The Morgan fingerprint density at radius 3 is 2.42 bits per heavy atom. The molecule has 0 unspecified atom stereocenters. The van der Waals surface area contributed by atoms with Gasteiger partial charge in [0.1, 0.15) is 5.65 Å². The number of benzene rings is 1. The van der Waals surface area contributed by atoms with Crippen LogP contribution < -0.4 is 0 Å². The van der Waals surface area contributed by atoms with Crippen LogP contribution in [0, 0.1) is 0 Å². The third kappa shape index (κ3) is 3.03. The van der Waals surface area contributed by atoms with E-state index in [1.165, 1.54) is 12.3 Å². The molecule has 0 spiro atoms. The zero-order chi connectivity index (χ0) is 17.3. The van der Waals surface area contributed by atoms with Crippen molar-refractivity contribution in [2.75, 3.05) is 0 Å². The van der Waals surface area contributed by atoms with E-state index in [1.807, 2.05) is 51.1 Å².